The van der Waals surface area contributed by atoms with Crippen molar-refractivity contribution in [3.8, 4) is 5.75 Å². The van der Waals surface area contributed by atoms with Crippen LogP contribution in [0.3, 0.4) is 0 Å². The summed E-state index contributed by atoms with van der Waals surface area (Å²) in [5.74, 6) is 1.56. The Morgan fingerprint density at radius 3 is 2.70 bits per heavy atom. The molecule has 1 N–H and O–H groups in total. The number of hydrogen-bond acceptors (Lipinski definition) is 5. The van der Waals surface area contributed by atoms with Crippen LogP contribution in [0, 0.1) is 12.8 Å². The van der Waals surface area contributed by atoms with Crippen molar-refractivity contribution in [2.75, 3.05) is 44.8 Å². The Balaban J connectivity index is 1.42. The van der Waals surface area contributed by atoms with Crippen molar-refractivity contribution < 1.29 is 14.3 Å². The summed E-state index contributed by atoms with van der Waals surface area (Å²) in [4.78, 5) is 18.9. The average molecular weight is 372 g/mol. The number of aromatic nitrogens is 2. The largest absolute Gasteiger partial charge is 0.492 e. The van der Waals surface area contributed by atoms with Crippen LogP contribution in [0.15, 0.2) is 36.7 Å². The fraction of sp³-hybridized carbons (Fsp3) is 0.500. The number of nitrogens with one attached hydrogen (secondary N) is 1. The van der Waals surface area contributed by atoms with Gasteiger partial charge in [-0.05, 0) is 31.2 Å². The lowest BCUT2D eigenvalue weighted by atomic mass is 10.1. The maximum absolute atomic E-state index is 12.4. The van der Waals surface area contributed by atoms with E-state index in [-0.39, 0.29) is 11.8 Å². The summed E-state index contributed by atoms with van der Waals surface area (Å²) in [6, 6.07) is 7.52. The van der Waals surface area contributed by atoms with Crippen molar-refractivity contribution in [3.63, 3.8) is 0 Å². The summed E-state index contributed by atoms with van der Waals surface area (Å²) in [5, 5.41) is 2.96. The summed E-state index contributed by atoms with van der Waals surface area (Å²) in [7, 11) is 0. The number of anilines is 1. The van der Waals surface area contributed by atoms with Crippen LogP contribution in [0.5, 0.6) is 5.75 Å². The van der Waals surface area contributed by atoms with E-state index >= 15 is 0 Å². The molecule has 27 heavy (non-hydrogen) atoms. The van der Waals surface area contributed by atoms with E-state index in [1.54, 1.807) is 6.20 Å². The number of hydrogen-bond donors (Lipinski definition) is 1. The first-order valence-electron chi connectivity index (χ1n) is 9.43. The zero-order chi connectivity index (χ0) is 19.1. The Hall–Kier alpha value is -2.38. The van der Waals surface area contributed by atoms with E-state index in [9.17, 15) is 4.79 Å². The van der Waals surface area contributed by atoms with Crippen LogP contribution in [0.1, 0.15) is 12.7 Å². The molecule has 1 aromatic carbocycles. The first kappa shape index (κ1) is 19.4. The van der Waals surface area contributed by atoms with Crippen LogP contribution in [-0.2, 0) is 16.1 Å². The summed E-state index contributed by atoms with van der Waals surface area (Å²) < 4.78 is 13.1. The maximum atomic E-state index is 12.4. The second kappa shape index (κ2) is 9.53. The molecule has 1 amide bonds. The lowest BCUT2D eigenvalue weighted by Crippen LogP contribution is -2.38. The number of carbonyl (C=O) groups excluding carboxylic acids is 1. The molecule has 2 aromatic rings. The minimum Gasteiger partial charge on any atom is -0.492 e. The zero-order valence-electron chi connectivity index (χ0n) is 16.1. The third-order valence-corrected chi connectivity index (χ3v) is 4.74. The van der Waals surface area contributed by atoms with E-state index in [0.717, 1.165) is 50.1 Å². The number of aryl methyl sites for hydroxylation is 1. The van der Waals surface area contributed by atoms with E-state index in [1.165, 1.54) is 0 Å². The second-order valence-corrected chi connectivity index (χ2v) is 6.84. The molecule has 0 bridgehead atoms. The van der Waals surface area contributed by atoms with E-state index in [2.05, 4.69) is 15.2 Å². The molecule has 3 rings (SSSR count). The average Bonchev–Trinajstić information content (AvgIpc) is 3.08. The van der Waals surface area contributed by atoms with Gasteiger partial charge in [0.15, 0.2) is 0 Å². The molecule has 7 nitrogen and oxygen atoms in total. The van der Waals surface area contributed by atoms with Crippen molar-refractivity contribution in [3.05, 3.63) is 42.5 Å². The van der Waals surface area contributed by atoms with Gasteiger partial charge >= 0.3 is 0 Å². The third-order valence-electron chi connectivity index (χ3n) is 4.74. The van der Waals surface area contributed by atoms with Crippen LogP contribution in [0.25, 0.3) is 0 Å². The molecular weight excluding hydrogens is 344 g/mol. The van der Waals surface area contributed by atoms with Gasteiger partial charge in [0.1, 0.15) is 18.2 Å². The molecule has 0 saturated carbocycles. The van der Waals surface area contributed by atoms with Crippen LogP contribution in [0.2, 0.25) is 0 Å². The molecule has 0 unspecified atom stereocenters. The monoisotopic (exact) mass is 372 g/mol. The molecule has 1 fully saturated rings. The van der Waals surface area contributed by atoms with Gasteiger partial charge in [-0.1, -0.05) is 6.92 Å². The quantitative estimate of drug-likeness (QED) is 0.769. The van der Waals surface area contributed by atoms with Gasteiger partial charge in [-0.15, -0.1) is 0 Å². The summed E-state index contributed by atoms with van der Waals surface area (Å²) in [5.41, 5.74) is 0.773. The highest BCUT2D eigenvalue weighted by molar-refractivity contribution is 5.92. The van der Waals surface area contributed by atoms with Crippen molar-refractivity contribution >= 4 is 11.6 Å². The Morgan fingerprint density at radius 1 is 1.30 bits per heavy atom. The third kappa shape index (κ3) is 5.80. The number of rotatable bonds is 8. The molecule has 7 heteroatoms. The fourth-order valence-electron chi connectivity index (χ4n) is 2.99. The van der Waals surface area contributed by atoms with E-state index in [0.29, 0.717) is 13.2 Å². The molecule has 1 saturated heterocycles. The van der Waals surface area contributed by atoms with Gasteiger partial charge in [0, 0.05) is 44.3 Å². The van der Waals surface area contributed by atoms with Crippen LogP contribution < -0.4 is 10.1 Å². The molecule has 146 valence electrons. The molecule has 0 spiro atoms. The highest BCUT2D eigenvalue weighted by Crippen LogP contribution is 2.17. The van der Waals surface area contributed by atoms with Crippen LogP contribution >= 0.6 is 0 Å². The van der Waals surface area contributed by atoms with Gasteiger partial charge in [0.25, 0.3) is 0 Å². The van der Waals surface area contributed by atoms with Crippen molar-refractivity contribution in [1.29, 1.82) is 0 Å². The molecule has 1 aliphatic heterocycles. The number of imidazole rings is 1. The Kier molecular flexibility index (Phi) is 6.84. The van der Waals surface area contributed by atoms with Crippen molar-refractivity contribution in [2.24, 2.45) is 5.92 Å². The van der Waals surface area contributed by atoms with Crippen LogP contribution in [0.4, 0.5) is 5.69 Å². The van der Waals surface area contributed by atoms with Gasteiger partial charge in [-0.3, -0.25) is 9.69 Å². The maximum Gasteiger partial charge on any atom is 0.229 e. The predicted octanol–water partition coefficient (Wildman–Crippen LogP) is 2.18. The van der Waals surface area contributed by atoms with Gasteiger partial charge in [0.05, 0.1) is 19.1 Å². The summed E-state index contributed by atoms with van der Waals surface area (Å²) >= 11 is 0. The molecular formula is C20H28N4O3. The first-order chi connectivity index (χ1) is 13.1. The molecule has 1 atom stereocenters. The van der Waals surface area contributed by atoms with Crippen LogP contribution in [-0.4, -0.2) is 59.8 Å². The fourth-order valence-corrected chi connectivity index (χ4v) is 2.99. The van der Waals surface area contributed by atoms with E-state index in [1.807, 2.05) is 48.9 Å². The number of morpholine rings is 1. The summed E-state index contributed by atoms with van der Waals surface area (Å²) in [6.07, 6.45) is 3.64. The Labute approximate surface area is 160 Å². The lowest BCUT2D eigenvalue weighted by Gasteiger charge is -2.26. The SMILES string of the molecule is Cc1nccn1C[C@H](C)C(=O)Nc1ccc(OCCN2CCOCC2)cc1. The number of nitrogens with zero attached hydrogens (tertiary/aromatic N) is 3. The molecule has 2 heterocycles. The van der Waals surface area contributed by atoms with Crippen molar-refractivity contribution in [2.45, 2.75) is 20.4 Å². The highest BCUT2D eigenvalue weighted by Gasteiger charge is 2.15. The van der Waals surface area contributed by atoms with E-state index in [4.69, 9.17) is 9.47 Å². The number of carbonyl (C=O) groups is 1. The minimum atomic E-state index is -0.151. The summed E-state index contributed by atoms with van der Waals surface area (Å²) in [6.45, 7) is 9.53. The molecule has 1 aromatic heterocycles. The normalized spacial score (nSPS) is 16.1. The Bertz CT molecular complexity index is 723. The lowest BCUT2D eigenvalue weighted by molar-refractivity contribution is -0.119. The second-order valence-electron chi connectivity index (χ2n) is 6.84. The standard InChI is InChI=1S/C20H28N4O3/c1-16(15-24-8-7-21-17(24)2)20(25)22-18-3-5-19(6-4-18)27-14-11-23-9-12-26-13-10-23/h3-8,16H,9-15H2,1-2H3,(H,22,25)/t16-/m0/s1. The molecule has 1 aliphatic rings. The number of ether oxygens (including phenoxy) is 2. The van der Waals surface area contributed by atoms with Crippen molar-refractivity contribution in [1.82, 2.24) is 14.5 Å². The minimum absolute atomic E-state index is 0.0101. The Morgan fingerprint density at radius 2 is 2.04 bits per heavy atom. The number of benzene rings is 1. The molecule has 0 radical (unpaired) electrons. The molecule has 0 aliphatic carbocycles. The van der Waals surface area contributed by atoms with Gasteiger partial charge < -0.3 is 19.4 Å². The predicted molar refractivity (Wildman–Crippen MR) is 104 cm³/mol. The first-order valence-corrected chi connectivity index (χ1v) is 9.43. The topological polar surface area (TPSA) is 68.6 Å². The zero-order valence-corrected chi connectivity index (χ0v) is 16.1. The number of amides is 1. The highest BCUT2D eigenvalue weighted by atomic mass is 16.5. The smallest absolute Gasteiger partial charge is 0.229 e. The van der Waals surface area contributed by atoms with E-state index < -0.39 is 0 Å². The van der Waals surface area contributed by atoms with Gasteiger partial charge in [-0.2, -0.15) is 0 Å². The van der Waals surface area contributed by atoms with Gasteiger partial charge in [0.2, 0.25) is 5.91 Å². The van der Waals surface area contributed by atoms with Gasteiger partial charge in [-0.25, -0.2) is 4.98 Å².